The summed E-state index contributed by atoms with van der Waals surface area (Å²) >= 11 is 0. The maximum absolute atomic E-state index is 5.64. The number of aromatic nitrogens is 1. The molecule has 0 saturated heterocycles. The molecule has 0 amide bonds. The molecule has 0 unspecified atom stereocenters. The van der Waals surface area contributed by atoms with Crippen LogP contribution in [0.3, 0.4) is 0 Å². The highest BCUT2D eigenvalue weighted by molar-refractivity contribution is 5.93. The van der Waals surface area contributed by atoms with Crippen LogP contribution >= 0.6 is 0 Å². The van der Waals surface area contributed by atoms with Crippen molar-refractivity contribution in [2.24, 2.45) is 4.99 Å². The van der Waals surface area contributed by atoms with E-state index in [0.717, 1.165) is 29.2 Å². The number of ether oxygens (including phenoxy) is 2. The summed E-state index contributed by atoms with van der Waals surface area (Å²) in [6.07, 6.45) is 0. The smallest absolute Gasteiger partial charge is 0.196 e. The minimum atomic E-state index is 0.389. The normalized spacial score (nSPS) is 11.2. The molecule has 1 aromatic heterocycles. The molecule has 0 aliphatic heterocycles. The summed E-state index contributed by atoms with van der Waals surface area (Å²) in [5.74, 6) is 2.74. The van der Waals surface area contributed by atoms with Crippen molar-refractivity contribution in [1.29, 1.82) is 0 Å². The molecule has 7 nitrogen and oxygen atoms in total. The summed E-state index contributed by atoms with van der Waals surface area (Å²) in [6, 6.07) is 17.4. The molecule has 29 heavy (non-hydrogen) atoms. The monoisotopic (exact) mass is 394 g/mol. The number of methoxy groups -OCH3 is 1. The van der Waals surface area contributed by atoms with Crippen molar-refractivity contribution in [1.82, 2.24) is 10.5 Å². The molecule has 0 aliphatic carbocycles. The van der Waals surface area contributed by atoms with E-state index in [-0.39, 0.29) is 0 Å². The van der Waals surface area contributed by atoms with Gasteiger partial charge in [0.15, 0.2) is 23.2 Å². The van der Waals surface area contributed by atoms with E-state index in [0.29, 0.717) is 30.6 Å². The van der Waals surface area contributed by atoms with E-state index < -0.39 is 0 Å². The fourth-order valence-electron chi connectivity index (χ4n) is 2.75. The van der Waals surface area contributed by atoms with Crippen LogP contribution in [0.2, 0.25) is 0 Å². The molecule has 1 heterocycles. The van der Waals surface area contributed by atoms with Crippen molar-refractivity contribution in [2.45, 2.75) is 20.4 Å². The lowest BCUT2D eigenvalue weighted by atomic mass is 10.2. The van der Waals surface area contributed by atoms with Crippen LogP contribution in [0, 0.1) is 0 Å². The molecule has 0 bridgehead atoms. The molecule has 2 aromatic carbocycles. The highest BCUT2D eigenvalue weighted by Gasteiger charge is 2.09. The first kappa shape index (κ1) is 20.3. The van der Waals surface area contributed by atoms with E-state index in [2.05, 4.69) is 20.8 Å². The minimum absolute atomic E-state index is 0.389. The molecule has 0 radical (unpaired) electrons. The van der Waals surface area contributed by atoms with Crippen LogP contribution in [0.5, 0.6) is 11.5 Å². The molecule has 152 valence electrons. The number of nitrogens with zero attached hydrogens (tertiary/aromatic N) is 2. The molecule has 3 aromatic rings. The topological polar surface area (TPSA) is 80.9 Å². The summed E-state index contributed by atoms with van der Waals surface area (Å²) in [7, 11) is 1.62. The van der Waals surface area contributed by atoms with Gasteiger partial charge in [-0.1, -0.05) is 35.5 Å². The fraction of sp³-hybridized carbons (Fsp3) is 0.273. The molecule has 0 atom stereocenters. The van der Waals surface area contributed by atoms with Gasteiger partial charge in [-0.25, -0.2) is 4.99 Å². The number of guanidine groups is 1. The SMILES string of the molecule is CCNC(=NCc1cc(-c2ccccc2)on1)Nc1ccc(OC)c(OCC)c1. The standard InChI is InChI=1S/C22H26N4O3/c1-4-23-22(25-17-11-12-19(27-3)21(13-17)28-5-2)24-15-18-14-20(29-26-18)16-9-7-6-8-10-16/h6-14H,4-5,15H2,1-3H3,(H2,23,24,25). The van der Waals surface area contributed by atoms with E-state index in [1.807, 2.05) is 68.4 Å². The first-order valence-corrected chi connectivity index (χ1v) is 9.60. The summed E-state index contributed by atoms with van der Waals surface area (Å²) in [6.45, 7) is 5.63. The molecule has 0 aliphatic rings. The van der Waals surface area contributed by atoms with Gasteiger partial charge in [0.25, 0.3) is 0 Å². The van der Waals surface area contributed by atoms with Crippen LogP contribution in [-0.4, -0.2) is 31.4 Å². The number of rotatable bonds is 8. The van der Waals surface area contributed by atoms with Gasteiger partial charge in [-0.05, 0) is 26.0 Å². The molecule has 2 N–H and O–H groups in total. The van der Waals surface area contributed by atoms with E-state index >= 15 is 0 Å². The predicted molar refractivity (Wildman–Crippen MR) is 115 cm³/mol. The highest BCUT2D eigenvalue weighted by atomic mass is 16.5. The third-order valence-electron chi connectivity index (χ3n) is 4.09. The second kappa shape index (κ2) is 10.2. The van der Waals surface area contributed by atoms with Crippen LogP contribution in [0.25, 0.3) is 11.3 Å². The van der Waals surface area contributed by atoms with Crippen molar-refractivity contribution >= 4 is 11.6 Å². The first-order chi connectivity index (χ1) is 14.2. The summed E-state index contributed by atoms with van der Waals surface area (Å²) in [5.41, 5.74) is 2.59. The quantitative estimate of drug-likeness (QED) is 0.437. The Bertz CT molecular complexity index is 938. The Morgan fingerprint density at radius 2 is 1.90 bits per heavy atom. The number of nitrogens with one attached hydrogen (secondary N) is 2. The van der Waals surface area contributed by atoms with Crippen LogP contribution in [0.4, 0.5) is 5.69 Å². The highest BCUT2D eigenvalue weighted by Crippen LogP contribution is 2.30. The van der Waals surface area contributed by atoms with Gasteiger partial charge in [0.1, 0.15) is 5.69 Å². The van der Waals surface area contributed by atoms with Crippen LogP contribution in [-0.2, 0) is 6.54 Å². The van der Waals surface area contributed by atoms with Gasteiger partial charge < -0.3 is 24.6 Å². The molecular formula is C22H26N4O3. The van der Waals surface area contributed by atoms with Crippen LogP contribution < -0.4 is 20.1 Å². The van der Waals surface area contributed by atoms with E-state index in [4.69, 9.17) is 14.0 Å². The van der Waals surface area contributed by atoms with Crippen LogP contribution in [0.1, 0.15) is 19.5 Å². The number of benzene rings is 2. The first-order valence-electron chi connectivity index (χ1n) is 9.60. The molecule has 0 fully saturated rings. The second-order valence-corrected chi connectivity index (χ2v) is 6.17. The van der Waals surface area contributed by atoms with E-state index in [1.165, 1.54) is 0 Å². The average molecular weight is 394 g/mol. The molecule has 0 spiro atoms. The Morgan fingerprint density at radius 3 is 2.62 bits per heavy atom. The number of aliphatic imine (C=N–C) groups is 1. The third kappa shape index (κ3) is 5.51. The molecule has 3 rings (SSSR count). The van der Waals surface area contributed by atoms with Gasteiger partial charge in [-0.3, -0.25) is 0 Å². The lowest BCUT2D eigenvalue weighted by Gasteiger charge is -2.14. The average Bonchev–Trinajstić information content (AvgIpc) is 3.22. The van der Waals surface area contributed by atoms with Crippen molar-refractivity contribution in [2.75, 3.05) is 25.6 Å². The Hall–Kier alpha value is -3.48. The van der Waals surface area contributed by atoms with Crippen molar-refractivity contribution < 1.29 is 14.0 Å². The summed E-state index contributed by atoms with van der Waals surface area (Å²) in [5, 5.41) is 10.6. The number of hydrogen-bond acceptors (Lipinski definition) is 5. The predicted octanol–water partition coefficient (Wildman–Crippen LogP) is 4.33. The van der Waals surface area contributed by atoms with Gasteiger partial charge in [-0.2, -0.15) is 0 Å². The fourth-order valence-corrected chi connectivity index (χ4v) is 2.75. The number of anilines is 1. The minimum Gasteiger partial charge on any atom is -0.493 e. The Labute approximate surface area is 170 Å². The molecule has 7 heteroatoms. The molecular weight excluding hydrogens is 368 g/mol. The zero-order valence-corrected chi connectivity index (χ0v) is 16.9. The maximum Gasteiger partial charge on any atom is 0.196 e. The van der Waals surface area contributed by atoms with Crippen LogP contribution in [0.15, 0.2) is 64.1 Å². The van der Waals surface area contributed by atoms with Crippen molar-refractivity contribution in [3.8, 4) is 22.8 Å². The zero-order chi connectivity index (χ0) is 20.5. The Kier molecular flexibility index (Phi) is 7.10. The van der Waals surface area contributed by atoms with Gasteiger partial charge in [0.2, 0.25) is 0 Å². The van der Waals surface area contributed by atoms with E-state index in [1.54, 1.807) is 7.11 Å². The Balaban J connectivity index is 1.72. The van der Waals surface area contributed by atoms with Gasteiger partial charge >= 0.3 is 0 Å². The van der Waals surface area contributed by atoms with Crippen molar-refractivity contribution in [3.05, 3.63) is 60.3 Å². The third-order valence-corrected chi connectivity index (χ3v) is 4.09. The number of hydrogen-bond donors (Lipinski definition) is 2. The summed E-state index contributed by atoms with van der Waals surface area (Å²) in [4.78, 5) is 4.60. The largest absolute Gasteiger partial charge is 0.493 e. The van der Waals surface area contributed by atoms with Gasteiger partial charge in [-0.15, -0.1) is 0 Å². The lowest BCUT2D eigenvalue weighted by molar-refractivity contribution is 0.311. The van der Waals surface area contributed by atoms with Gasteiger partial charge in [0.05, 0.1) is 20.3 Å². The zero-order valence-electron chi connectivity index (χ0n) is 16.9. The summed E-state index contributed by atoms with van der Waals surface area (Å²) < 4.78 is 16.4. The van der Waals surface area contributed by atoms with Crippen molar-refractivity contribution in [3.63, 3.8) is 0 Å². The molecule has 0 saturated carbocycles. The van der Waals surface area contributed by atoms with Gasteiger partial charge in [0, 0.05) is 29.9 Å². The second-order valence-electron chi connectivity index (χ2n) is 6.17. The van der Waals surface area contributed by atoms with E-state index in [9.17, 15) is 0 Å². The lowest BCUT2D eigenvalue weighted by Crippen LogP contribution is -2.30. The maximum atomic E-state index is 5.64. The Morgan fingerprint density at radius 1 is 1.07 bits per heavy atom.